The van der Waals surface area contributed by atoms with Gasteiger partial charge in [-0.15, -0.1) is 0 Å². The first-order valence-electron chi connectivity index (χ1n) is 5.79. The number of alkyl halides is 3. The van der Waals surface area contributed by atoms with E-state index >= 15 is 0 Å². The van der Waals surface area contributed by atoms with Gasteiger partial charge in [-0.25, -0.2) is 0 Å². The van der Waals surface area contributed by atoms with Crippen LogP contribution < -0.4 is 10.2 Å². The summed E-state index contributed by atoms with van der Waals surface area (Å²) in [7, 11) is 3.36. The quantitative estimate of drug-likeness (QED) is 0.941. The second-order valence-corrected chi connectivity index (χ2v) is 4.63. The van der Waals surface area contributed by atoms with Crippen molar-refractivity contribution in [3.05, 3.63) is 35.1 Å². The van der Waals surface area contributed by atoms with Crippen molar-refractivity contribution in [3.8, 4) is 0 Å². The largest absolute Gasteiger partial charge is 0.418 e. The van der Waals surface area contributed by atoms with E-state index in [-0.39, 0.29) is 22.9 Å². The van der Waals surface area contributed by atoms with Gasteiger partial charge in [-0.1, -0.05) is 12.1 Å². The van der Waals surface area contributed by atoms with E-state index in [0.717, 1.165) is 6.07 Å². The van der Waals surface area contributed by atoms with Crippen LogP contribution in [0.25, 0.3) is 0 Å². The number of halogens is 4. The highest BCUT2D eigenvalue weighted by Gasteiger charge is 2.33. The molecule has 0 unspecified atom stereocenters. The fourth-order valence-electron chi connectivity index (χ4n) is 1.56. The Balaban J connectivity index is 2.39. The van der Waals surface area contributed by atoms with Crippen molar-refractivity contribution in [3.63, 3.8) is 0 Å². The minimum Gasteiger partial charge on any atom is -0.347 e. The van der Waals surface area contributed by atoms with Gasteiger partial charge < -0.3 is 10.2 Å². The molecule has 9 heteroatoms. The maximum Gasteiger partial charge on any atom is 0.418 e. The van der Waals surface area contributed by atoms with Gasteiger partial charge in [-0.3, -0.25) is 0 Å². The van der Waals surface area contributed by atoms with Gasteiger partial charge in [0, 0.05) is 14.1 Å². The van der Waals surface area contributed by atoms with Crippen LogP contribution in [0, 0.1) is 0 Å². The monoisotopic (exact) mass is 317 g/mol. The third kappa shape index (κ3) is 3.72. The molecule has 0 saturated carbocycles. The lowest BCUT2D eigenvalue weighted by Crippen LogP contribution is -2.15. The zero-order valence-electron chi connectivity index (χ0n) is 11.1. The third-order valence-electron chi connectivity index (χ3n) is 2.48. The van der Waals surface area contributed by atoms with E-state index in [1.807, 2.05) is 0 Å². The maximum absolute atomic E-state index is 12.9. The van der Waals surface area contributed by atoms with Gasteiger partial charge >= 0.3 is 6.18 Å². The molecule has 0 fully saturated rings. The predicted molar refractivity (Wildman–Crippen MR) is 73.9 cm³/mol. The Hall–Kier alpha value is -2.09. The molecule has 2 aromatic rings. The van der Waals surface area contributed by atoms with Crippen LogP contribution in [0.15, 0.2) is 24.3 Å². The second-order valence-electron chi connectivity index (χ2n) is 4.29. The Morgan fingerprint density at radius 3 is 2.38 bits per heavy atom. The van der Waals surface area contributed by atoms with Crippen LogP contribution in [0.1, 0.15) is 5.56 Å². The van der Waals surface area contributed by atoms with Gasteiger partial charge in [0.05, 0.1) is 11.3 Å². The topological polar surface area (TPSA) is 53.9 Å². The predicted octanol–water partition coefficient (Wildman–Crippen LogP) is 3.35. The summed E-state index contributed by atoms with van der Waals surface area (Å²) in [4.78, 5) is 13.2. The molecule has 1 aromatic carbocycles. The van der Waals surface area contributed by atoms with E-state index in [9.17, 15) is 13.2 Å². The molecular formula is C12H11ClF3N5. The third-order valence-corrected chi connectivity index (χ3v) is 2.64. The van der Waals surface area contributed by atoms with E-state index in [0.29, 0.717) is 0 Å². The summed E-state index contributed by atoms with van der Waals surface area (Å²) in [5.41, 5.74) is -0.968. The molecule has 1 heterocycles. The number of benzene rings is 1. The highest BCUT2D eigenvalue weighted by molar-refractivity contribution is 6.28. The highest BCUT2D eigenvalue weighted by atomic mass is 35.5. The second kappa shape index (κ2) is 5.72. The molecule has 21 heavy (non-hydrogen) atoms. The van der Waals surface area contributed by atoms with Gasteiger partial charge in [-0.2, -0.15) is 28.1 Å². The standard InChI is InChI=1S/C12H11ClF3N5/c1-21(2)11-19-9(13)18-10(20-11)17-8-6-4-3-5-7(8)12(14,15)16/h3-6H,1-2H3,(H,17,18,19,20). The summed E-state index contributed by atoms with van der Waals surface area (Å²) in [5.74, 6) is 0.178. The number of para-hydroxylation sites is 1. The highest BCUT2D eigenvalue weighted by Crippen LogP contribution is 2.35. The zero-order chi connectivity index (χ0) is 15.6. The van der Waals surface area contributed by atoms with Crippen LogP contribution >= 0.6 is 11.6 Å². The number of hydrogen-bond donors (Lipinski definition) is 1. The molecule has 0 bridgehead atoms. The summed E-state index contributed by atoms with van der Waals surface area (Å²) < 4.78 is 38.7. The van der Waals surface area contributed by atoms with Crippen LogP contribution in [0.3, 0.4) is 0 Å². The summed E-state index contributed by atoms with van der Waals surface area (Å²) in [6.07, 6.45) is -4.48. The number of hydrogen-bond acceptors (Lipinski definition) is 5. The van der Waals surface area contributed by atoms with E-state index in [1.54, 1.807) is 19.0 Å². The average molecular weight is 318 g/mol. The Morgan fingerprint density at radius 1 is 1.10 bits per heavy atom. The lowest BCUT2D eigenvalue weighted by molar-refractivity contribution is -0.136. The molecule has 0 aliphatic carbocycles. The Bertz CT molecular complexity index is 645. The van der Waals surface area contributed by atoms with E-state index in [4.69, 9.17) is 11.6 Å². The maximum atomic E-state index is 12.9. The smallest absolute Gasteiger partial charge is 0.347 e. The first-order chi connectivity index (χ1) is 9.77. The molecule has 112 valence electrons. The lowest BCUT2D eigenvalue weighted by atomic mass is 10.1. The Kier molecular flexibility index (Phi) is 4.17. The fourth-order valence-corrected chi connectivity index (χ4v) is 1.71. The van der Waals surface area contributed by atoms with Crippen molar-refractivity contribution >= 4 is 29.2 Å². The van der Waals surface area contributed by atoms with Crippen molar-refractivity contribution in [2.45, 2.75) is 6.18 Å². The summed E-state index contributed by atoms with van der Waals surface area (Å²) >= 11 is 5.74. The van der Waals surface area contributed by atoms with Crippen molar-refractivity contribution in [2.24, 2.45) is 0 Å². The Labute approximate surface area is 123 Å². The van der Waals surface area contributed by atoms with Crippen LogP contribution in [-0.4, -0.2) is 29.0 Å². The molecule has 0 aliphatic heterocycles. The van der Waals surface area contributed by atoms with Crippen LogP contribution in [0.5, 0.6) is 0 Å². The molecule has 2 rings (SSSR count). The van der Waals surface area contributed by atoms with Crippen molar-refractivity contribution in [1.29, 1.82) is 0 Å². The van der Waals surface area contributed by atoms with Crippen molar-refractivity contribution < 1.29 is 13.2 Å². The Morgan fingerprint density at radius 2 is 1.76 bits per heavy atom. The van der Waals surface area contributed by atoms with E-state index in [1.165, 1.54) is 18.2 Å². The average Bonchev–Trinajstić information content (AvgIpc) is 2.37. The number of nitrogens with zero attached hydrogens (tertiary/aromatic N) is 4. The van der Waals surface area contributed by atoms with Crippen LogP contribution in [0.2, 0.25) is 5.28 Å². The minimum atomic E-state index is -4.48. The van der Waals surface area contributed by atoms with Crippen molar-refractivity contribution in [2.75, 3.05) is 24.3 Å². The van der Waals surface area contributed by atoms with Gasteiger partial charge in [0.1, 0.15) is 0 Å². The van der Waals surface area contributed by atoms with Gasteiger partial charge in [0.25, 0.3) is 0 Å². The summed E-state index contributed by atoms with van der Waals surface area (Å²) in [6, 6.07) is 5.04. The molecule has 1 N–H and O–H groups in total. The molecule has 0 radical (unpaired) electrons. The zero-order valence-corrected chi connectivity index (χ0v) is 11.9. The molecule has 0 atom stereocenters. The van der Waals surface area contributed by atoms with E-state index < -0.39 is 11.7 Å². The molecule has 0 aliphatic rings. The summed E-state index contributed by atoms with van der Waals surface area (Å²) in [5, 5.41) is 2.41. The van der Waals surface area contributed by atoms with Gasteiger partial charge in [0.2, 0.25) is 17.2 Å². The van der Waals surface area contributed by atoms with Crippen molar-refractivity contribution in [1.82, 2.24) is 15.0 Å². The molecular weight excluding hydrogens is 307 g/mol. The molecule has 0 saturated heterocycles. The first-order valence-corrected chi connectivity index (χ1v) is 6.17. The van der Waals surface area contributed by atoms with Crippen LogP contribution in [0.4, 0.5) is 30.8 Å². The van der Waals surface area contributed by atoms with Crippen LogP contribution in [-0.2, 0) is 6.18 Å². The SMILES string of the molecule is CN(C)c1nc(Cl)nc(Nc2ccccc2C(F)(F)F)n1. The normalized spacial score (nSPS) is 11.3. The number of nitrogens with one attached hydrogen (secondary N) is 1. The molecule has 0 amide bonds. The van der Waals surface area contributed by atoms with Gasteiger partial charge in [0.15, 0.2) is 0 Å². The fraction of sp³-hybridized carbons (Fsp3) is 0.250. The van der Waals surface area contributed by atoms with E-state index in [2.05, 4.69) is 20.3 Å². The number of anilines is 3. The molecule has 1 aromatic heterocycles. The first kappa shape index (κ1) is 15.3. The minimum absolute atomic E-state index is 0.0598. The molecule has 5 nitrogen and oxygen atoms in total. The summed E-state index contributed by atoms with van der Waals surface area (Å²) in [6.45, 7) is 0. The molecule has 0 spiro atoms. The number of rotatable bonds is 3. The number of aromatic nitrogens is 3. The van der Waals surface area contributed by atoms with Gasteiger partial charge in [-0.05, 0) is 23.7 Å². The lowest BCUT2D eigenvalue weighted by Gasteiger charge is -2.15.